The Labute approximate surface area is 172 Å². The van der Waals surface area contributed by atoms with Crippen LogP contribution in [0.4, 0.5) is 0 Å². The van der Waals surface area contributed by atoms with Crippen molar-refractivity contribution in [1.82, 2.24) is 4.57 Å². The number of halogens is 1. The van der Waals surface area contributed by atoms with Crippen molar-refractivity contribution < 1.29 is 17.9 Å². The summed E-state index contributed by atoms with van der Waals surface area (Å²) in [7, 11) is -3.32. The standard InChI is InChI=1S/C19H19ClN2O4S2/c1-3-26-11-10-22-16-9-6-14(20)12-17(16)27-19(22)21-18(23)13-4-7-15(8-5-13)28(2,24)25/h4-9,12H,3,10-11H2,1-2H3. The summed E-state index contributed by atoms with van der Waals surface area (Å²) in [4.78, 5) is 17.6. The topological polar surface area (TPSA) is 77.7 Å². The maximum atomic E-state index is 12.6. The van der Waals surface area contributed by atoms with Crippen LogP contribution in [0.2, 0.25) is 5.02 Å². The van der Waals surface area contributed by atoms with Gasteiger partial charge >= 0.3 is 0 Å². The van der Waals surface area contributed by atoms with Crippen LogP contribution in [0.1, 0.15) is 17.3 Å². The molecule has 0 atom stereocenters. The minimum atomic E-state index is -3.32. The number of carbonyl (C=O) groups is 1. The van der Waals surface area contributed by atoms with E-state index in [9.17, 15) is 13.2 Å². The first-order valence-electron chi connectivity index (χ1n) is 8.55. The van der Waals surface area contributed by atoms with Crippen molar-refractivity contribution in [2.75, 3.05) is 19.5 Å². The summed E-state index contributed by atoms with van der Waals surface area (Å²) in [5, 5.41) is 0.611. The van der Waals surface area contributed by atoms with E-state index < -0.39 is 15.7 Å². The van der Waals surface area contributed by atoms with Gasteiger partial charge in [-0.25, -0.2) is 8.42 Å². The molecule has 1 heterocycles. The highest BCUT2D eigenvalue weighted by Crippen LogP contribution is 2.22. The molecule has 0 aliphatic rings. The number of ether oxygens (including phenoxy) is 1. The molecule has 0 saturated carbocycles. The fourth-order valence-electron chi connectivity index (χ4n) is 2.64. The fraction of sp³-hybridized carbons (Fsp3) is 0.263. The van der Waals surface area contributed by atoms with Crippen molar-refractivity contribution in [2.45, 2.75) is 18.4 Å². The van der Waals surface area contributed by atoms with Gasteiger partial charge in [0.25, 0.3) is 5.91 Å². The third-order valence-corrected chi connectivity index (χ3v) is 6.44. The highest BCUT2D eigenvalue weighted by atomic mass is 35.5. The molecular weight excluding hydrogens is 420 g/mol. The van der Waals surface area contributed by atoms with Gasteiger partial charge in [-0.05, 0) is 49.4 Å². The lowest BCUT2D eigenvalue weighted by Gasteiger charge is -2.05. The Kier molecular flexibility index (Phi) is 6.34. The molecule has 0 bridgehead atoms. The van der Waals surface area contributed by atoms with Crippen LogP contribution in [0.25, 0.3) is 10.2 Å². The lowest BCUT2D eigenvalue weighted by atomic mass is 10.2. The number of hydrogen-bond acceptors (Lipinski definition) is 5. The van der Waals surface area contributed by atoms with E-state index in [0.29, 0.717) is 35.1 Å². The zero-order valence-electron chi connectivity index (χ0n) is 15.4. The number of rotatable bonds is 6. The Morgan fingerprint density at radius 3 is 2.57 bits per heavy atom. The van der Waals surface area contributed by atoms with Crippen LogP contribution in [0, 0.1) is 0 Å². The maximum Gasteiger partial charge on any atom is 0.279 e. The van der Waals surface area contributed by atoms with Crippen LogP contribution in [0.5, 0.6) is 0 Å². The van der Waals surface area contributed by atoms with E-state index in [1.165, 1.54) is 35.6 Å². The van der Waals surface area contributed by atoms with Gasteiger partial charge in [-0.15, -0.1) is 0 Å². The molecule has 0 aliphatic carbocycles. The number of fused-ring (bicyclic) bond motifs is 1. The van der Waals surface area contributed by atoms with E-state index in [0.717, 1.165) is 16.5 Å². The van der Waals surface area contributed by atoms with Crippen LogP contribution in [-0.4, -0.2) is 38.4 Å². The highest BCUT2D eigenvalue weighted by molar-refractivity contribution is 7.90. The van der Waals surface area contributed by atoms with Crippen molar-refractivity contribution in [1.29, 1.82) is 0 Å². The second-order valence-electron chi connectivity index (χ2n) is 6.06. The number of aromatic nitrogens is 1. The molecule has 0 spiro atoms. The molecule has 0 fully saturated rings. The first kappa shape index (κ1) is 20.7. The Balaban J connectivity index is 2.02. The van der Waals surface area contributed by atoms with E-state index in [1.54, 1.807) is 6.07 Å². The minimum Gasteiger partial charge on any atom is -0.380 e. The molecule has 0 radical (unpaired) electrons. The minimum absolute atomic E-state index is 0.160. The van der Waals surface area contributed by atoms with Crippen LogP contribution >= 0.6 is 22.9 Å². The Morgan fingerprint density at radius 2 is 1.93 bits per heavy atom. The zero-order valence-corrected chi connectivity index (χ0v) is 17.8. The molecular formula is C19H19ClN2O4S2. The summed E-state index contributed by atoms with van der Waals surface area (Å²) in [6.45, 7) is 3.57. The van der Waals surface area contributed by atoms with Gasteiger partial charge in [-0.2, -0.15) is 4.99 Å². The summed E-state index contributed by atoms with van der Waals surface area (Å²) in [6.07, 6.45) is 1.12. The van der Waals surface area contributed by atoms with Gasteiger partial charge in [-0.3, -0.25) is 4.79 Å². The van der Waals surface area contributed by atoms with Crippen molar-refractivity contribution in [3.05, 3.63) is 57.9 Å². The van der Waals surface area contributed by atoms with E-state index >= 15 is 0 Å². The lowest BCUT2D eigenvalue weighted by molar-refractivity contribution is 0.0996. The van der Waals surface area contributed by atoms with Crippen LogP contribution in [0.3, 0.4) is 0 Å². The molecule has 0 N–H and O–H groups in total. The summed E-state index contributed by atoms with van der Waals surface area (Å²) in [5.41, 5.74) is 1.24. The van der Waals surface area contributed by atoms with Gasteiger partial charge in [0.15, 0.2) is 14.6 Å². The number of hydrogen-bond donors (Lipinski definition) is 0. The predicted octanol–water partition coefficient (Wildman–Crippen LogP) is 3.54. The molecule has 9 heteroatoms. The molecule has 6 nitrogen and oxygen atoms in total. The summed E-state index contributed by atoms with van der Waals surface area (Å²) in [6, 6.07) is 11.3. The van der Waals surface area contributed by atoms with E-state index in [4.69, 9.17) is 16.3 Å². The third-order valence-electron chi connectivity index (χ3n) is 4.03. The van der Waals surface area contributed by atoms with Crippen LogP contribution < -0.4 is 4.80 Å². The van der Waals surface area contributed by atoms with Crippen molar-refractivity contribution in [2.24, 2.45) is 4.99 Å². The number of sulfone groups is 1. The molecule has 148 valence electrons. The Bertz CT molecular complexity index is 1180. The van der Waals surface area contributed by atoms with Gasteiger partial charge in [0.2, 0.25) is 0 Å². The first-order chi connectivity index (χ1) is 13.3. The first-order valence-corrected chi connectivity index (χ1v) is 11.6. The molecule has 3 rings (SSSR count). The van der Waals surface area contributed by atoms with Gasteiger partial charge in [0.1, 0.15) is 0 Å². The average Bonchev–Trinajstić information content (AvgIpc) is 2.97. The summed E-state index contributed by atoms with van der Waals surface area (Å²) < 4.78 is 31.4. The smallest absolute Gasteiger partial charge is 0.279 e. The SMILES string of the molecule is CCOCCn1c(=NC(=O)c2ccc(S(C)(=O)=O)cc2)sc2cc(Cl)ccc21. The lowest BCUT2D eigenvalue weighted by Crippen LogP contribution is -2.19. The highest BCUT2D eigenvalue weighted by Gasteiger charge is 2.12. The monoisotopic (exact) mass is 438 g/mol. The number of benzene rings is 2. The van der Waals surface area contributed by atoms with Crippen LogP contribution in [-0.2, 0) is 21.1 Å². The third kappa shape index (κ3) is 4.70. The molecule has 0 aliphatic heterocycles. The van der Waals surface area contributed by atoms with Gasteiger partial charge in [0.05, 0.1) is 21.7 Å². The Hall–Kier alpha value is -2.00. The van der Waals surface area contributed by atoms with Gasteiger partial charge < -0.3 is 9.30 Å². The second-order valence-corrected chi connectivity index (χ2v) is 9.52. The number of amides is 1. The van der Waals surface area contributed by atoms with Crippen molar-refractivity contribution in [3.8, 4) is 0 Å². The normalized spacial score (nSPS) is 12.6. The average molecular weight is 439 g/mol. The zero-order chi connectivity index (χ0) is 20.3. The molecule has 2 aromatic carbocycles. The van der Waals surface area contributed by atoms with Crippen molar-refractivity contribution >= 4 is 48.9 Å². The maximum absolute atomic E-state index is 12.6. The number of thiazole rings is 1. The van der Waals surface area contributed by atoms with E-state index in [-0.39, 0.29) is 4.90 Å². The van der Waals surface area contributed by atoms with E-state index in [2.05, 4.69) is 4.99 Å². The predicted molar refractivity (Wildman–Crippen MR) is 111 cm³/mol. The number of carbonyl (C=O) groups excluding carboxylic acids is 1. The molecule has 0 saturated heterocycles. The van der Waals surface area contributed by atoms with Crippen molar-refractivity contribution in [3.63, 3.8) is 0 Å². The van der Waals surface area contributed by atoms with E-state index in [1.807, 2.05) is 23.6 Å². The molecule has 1 amide bonds. The molecule has 1 aromatic heterocycles. The van der Waals surface area contributed by atoms with Crippen LogP contribution in [0.15, 0.2) is 52.4 Å². The van der Waals surface area contributed by atoms with Gasteiger partial charge in [-0.1, -0.05) is 22.9 Å². The quantitative estimate of drug-likeness (QED) is 0.551. The Morgan fingerprint density at radius 1 is 1.21 bits per heavy atom. The molecule has 28 heavy (non-hydrogen) atoms. The molecule has 3 aromatic rings. The largest absolute Gasteiger partial charge is 0.380 e. The fourth-order valence-corrected chi connectivity index (χ4v) is 4.61. The summed E-state index contributed by atoms with van der Waals surface area (Å²) in [5.74, 6) is -0.442. The van der Waals surface area contributed by atoms with Gasteiger partial charge in [0, 0.05) is 30.0 Å². The number of nitrogens with zero attached hydrogens (tertiary/aromatic N) is 2. The summed E-state index contributed by atoms with van der Waals surface area (Å²) >= 11 is 7.45. The second kappa shape index (κ2) is 8.57. The molecule has 0 unspecified atom stereocenters.